The predicted molar refractivity (Wildman–Crippen MR) is 407 cm³/mol. The summed E-state index contributed by atoms with van der Waals surface area (Å²) >= 11 is 5.58. The van der Waals surface area contributed by atoms with E-state index in [1.807, 2.05) is 0 Å². The monoisotopic (exact) mass is 1490 g/mol. The quantitative estimate of drug-likeness (QED) is 0.0186. The van der Waals surface area contributed by atoms with Crippen LogP contribution in [0.25, 0.3) is 22.3 Å². The van der Waals surface area contributed by atoms with Crippen LogP contribution in [0.1, 0.15) is 62.3 Å². The maximum absolute atomic E-state index is 11.9. The molecule has 11 rings (SSSR count). The van der Waals surface area contributed by atoms with Crippen LogP contribution in [0.5, 0.6) is 46.0 Å². The Labute approximate surface area is 616 Å². The summed E-state index contributed by atoms with van der Waals surface area (Å²) in [5.74, 6) is 4.26. The van der Waals surface area contributed by atoms with Crippen LogP contribution in [0.2, 0.25) is 5.02 Å². The van der Waals surface area contributed by atoms with Crippen molar-refractivity contribution in [1.29, 1.82) is 0 Å². The third-order valence-corrected chi connectivity index (χ3v) is 13.8. The van der Waals surface area contributed by atoms with Gasteiger partial charge in [0.05, 0.1) is 9.85 Å². The van der Waals surface area contributed by atoms with E-state index in [1.165, 1.54) is 46.8 Å². The van der Waals surface area contributed by atoms with Crippen LogP contribution in [0.15, 0.2) is 168 Å². The number of aryl methyl sites for hydroxylation is 2. The molecule has 11 aromatic rings. The van der Waals surface area contributed by atoms with Gasteiger partial charge in [0.25, 0.3) is 0 Å². The van der Waals surface area contributed by atoms with Gasteiger partial charge in [-0.25, -0.2) is 48.9 Å². The number of nitro groups is 2. The molecule has 12 N–H and O–H groups in total. The van der Waals surface area contributed by atoms with Crippen molar-refractivity contribution in [3.63, 3.8) is 0 Å². The van der Waals surface area contributed by atoms with Gasteiger partial charge in [0.2, 0.25) is 17.4 Å². The molecule has 562 valence electrons. The number of halogens is 1. The first-order valence-electron chi connectivity index (χ1n) is 32.2. The first-order chi connectivity index (χ1) is 50.5. The first-order valence-corrected chi connectivity index (χ1v) is 32.5. The van der Waals surface area contributed by atoms with E-state index in [2.05, 4.69) is 66.8 Å². The third kappa shape index (κ3) is 23.9. The van der Waals surface area contributed by atoms with Gasteiger partial charge in [-0.05, 0) is 117 Å². The highest BCUT2D eigenvalue weighted by Gasteiger charge is 2.25. The van der Waals surface area contributed by atoms with Gasteiger partial charge in [-0.1, -0.05) is 35.9 Å². The number of benzene rings is 4. The first kappa shape index (κ1) is 80.6. The number of nitrogens with zero attached hydrogens (tertiary/aromatic N) is 9. The van der Waals surface area contributed by atoms with Crippen molar-refractivity contribution < 1.29 is 57.4 Å². The van der Waals surface area contributed by atoms with Gasteiger partial charge in [-0.3, -0.25) is 45.3 Å². The van der Waals surface area contributed by atoms with Crippen molar-refractivity contribution >= 4 is 109 Å². The topological polar surface area (TPSA) is 466 Å². The Morgan fingerprint density at radius 3 is 1.16 bits per heavy atom. The second kappa shape index (κ2) is 35.9. The van der Waals surface area contributed by atoms with E-state index in [4.69, 9.17) is 56.2 Å². The molecule has 0 aliphatic heterocycles. The molecule has 35 nitrogen and oxygen atoms in total. The number of H-pyrrole nitrogens is 2. The van der Waals surface area contributed by atoms with Crippen molar-refractivity contribution in [3.05, 3.63) is 205 Å². The Hall–Kier alpha value is -13.7. The minimum atomic E-state index is -0.626. The fraction of sp³-hybridized carbons (Fsp3) is 0.239. The van der Waals surface area contributed by atoms with Gasteiger partial charge in [0, 0.05) is 138 Å². The van der Waals surface area contributed by atoms with Gasteiger partial charge in [0.1, 0.15) is 61.5 Å². The number of nitrogens with one attached hydrogen (secondary N) is 8. The largest absolute Gasteiger partial charge is 0.455 e. The van der Waals surface area contributed by atoms with Crippen LogP contribution in [0.3, 0.4) is 0 Å². The maximum Gasteiger partial charge on any atom is 0.412 e. The molecule has 107 heavy (non-hydrogen) atoms. The molecule has 7 aromatic heterocycles. The maximum atomic E-state index is 11.9. The number of carbonyl (C=O) groups is 3. The highest BCUT2D eigenvalue weighted by Crippen LogP contribution is 2.38. The zero-order valence-corrected chi connectivity index (χ0v) is 61.4. The molecular formula is C71H80ClN19O16. The standard InChI is InChI=1S/C18H20N4O4.C17H20N4O5.C17H22N4O3.C13H12N4O2.C6H6ClN3O2/c1-18(2,3)26-17(24)20-11-6-5-7-12(10-11)25-13-8-9-19-15-14(13)21-16(23)22(15)4;1-17(2,3)26-16(22)20-11-6-5-7-12(10-11)25-13-8-9-19-15(18-4)14(13)21(23)24;1-17(2,3)24-16(22)21-11-6-5-7-12(10-11)23-13-8-9-20-15(19-4)14(13)18;1-17-12-11(16-13(17)18)10(5-6-15-12)19-9-4-2-3-8(14)7-9;1-8-6-5(10(11)12)4(7)2-3-9-6/h5-10H,1-4H3,(H,20,24)(H,21,23);5-10H,1-4H3,(H,18,19)(H,20,22);5-10H,18H2,1-4H3,(H,19,20)(H,21,22);2-7H,14H2,1H3,(H,16,18);2-3H,1H3,(H,8,9). The van der Waals surface area contributed by atoms with Gasteiger partial charge in [-0.15, -0.1) is 0 Å². The summed E-state index contributed by atoms with van der Waals surface area (Å²) in [4.78, 5) is 105. The smallest absolute Gasteiger partial charge is 0.412 e. The summed E-state index contributed by atoms with van der Waals surface area (Å²) < 4.78 is 41.5. The predicted octanol–water partition coefficient (Wildman–Crippen LogP) is 14.7. The number of hydrogen-bond acceptors (Lipinski definition) is 26. The molecule has 0 saturated carbocycles. The van der Waals surface area contributed by atoms with Crippen LogP contribution in [0.4, 0.5) is 71.6 Å². The number of nitrogens with two attached hydrogens (primary N) is 2. The van der Waals surface area contributed by atoms with Crippen molar-refractivity contribution in [1.82, 2.24) is 44.0 Å². The molecular weight excluding hydrogens is 1410 g/mol. The van der Waals surface area contributed by atoms with E-state index in [0.29, 0.717) is 96.8 Å². The normalized spacial score (nSPS) is 10.8. The molecule has 36 heteroatoms. The Bertz CT molecular complexity index is 5100. The minimum absolute atomic E-state index is 0.0313. The Morgan fingerprint density at radius 2 is 0.785 bits per heavy atom. The number of pyridine rings is 5. The number of hydrogen-bond donors (Lipinski definition) is 10. The Kier molecular flexibility index (Phi) is 27.1. The number of aromatic nitrogens is 9. The van der Waals surface area contributed by atoms with E-state index in [9.17, 15) is 44.2 Å². The number of carbonyl (C=O) groups excluding carboxylic acids is 3. The lowest BCUT2D eigenvalue weighted by Gasteiger charge is -2.19. The summed E-state index contributed by atoms with van der Waals surface area (Å²) in [5, 5.41) is 37.9. The van der Waals surface area contributed by atoms with Crippen LogP contribution in [0, 0.1) is 20.2 Å². The van der Waals surface area contributed by atoms with Crippen LogP contribution >= 0.6 is 11.6 Å². The zero-order chi connectivity index (χ0) is 78.5. The summed E-state index contributed by atoms with van der Waals surface area (Å²) in [6.07, 6.45) is 5.87. The van der Waals surface area contributed by atoms with Crippen molar-refractivity contribution in [3.8, 4) is 46.0 Å². The average Bonchev–Trinajstić information content (AvgIpc) is 1.73. The van der Waals surface area contributed by atoms with Crippen LogP contribution in [-0.4, -0.2) is 110 Å². The zero-order valence-electron chi connectivity index (χ0n) is 60.6. The van der Waals surface area contributed by atoms with Gasteiger partial charge in [0.15, 0.2) is 34.4 Å². The van der Waals surface area contributed by atoms with Gasteiger partial charge in [-0.2, -0.15) is 0 Å². The molecule has 0 aliphatic rings. The lowest BCUT2D eigenvalue weighted by atomic mass is 10.2. The SMILES string of the molecule is CNc1nccc(Cl)c1[N+](=O)[O-].CNc1nccc(Oc2cccc(NC(=O)OC(C)(C)C)c2)c1N.CNc1nccc(Oc2cccc(NC(=O)OC(C)(C)C)c2)c1[N+](=O)[O-].Cn1c(=O)[nH]c2c(Oc3cccc(N)c3)ccnc21.Cn1c(=O)[nH]c2c(Oc3cccc(NC(=O)OC(C)(C)C)c3)ccnc21. The number of aromatic amines is 2. The molecule has 0 unspecified atom stereocenters. The Balaban J connectivity index is 0.000000190. The summed E-state index contributed by atoms with van der Waals surface area (Å²) in [7, 11) is 8.09. The number of amides is 3. The third-order valence-electron chi connectivity index (χ3n) is 13.5. The van der Waals surface area contributed by atoms with Crippen LogP contribution < -0.4 is 73.7 Å². The second-order valence-electron chi connectivity index (χ2n) is 25.3. The molecule has 0 atom stereocenters. The summed E-state index contributed by atoms with van der Waals surface area (Å²) in [6, 6.07) is 35.2. The van der Waals surface area contributed by atoms with Gasteiger partial charge >= 0.3 is 41.0 Å². The number of nitrogen functional groups attached to an aromatic ring is 2. The van der Waals surface area contributed by atoms with Crippen LogP contribution in [-0.2, 0) is 28.3 Å². The number of imidazole rings is 2. The fourth-order valence-corrected chi connectivity index (χ4v) is 9.24. The molecule has 0 spiro atoms. The number of anilines is 8. The van der Waals surface area contributed by atoms with Crippen molar-refractivity contribution in [2.45, 2.75) is 79.1 Å². The molecule has 4 aromatic carbocycles. The average molecular weight is 1490 g/mol. The molecule has 7 heterocycles. The van der Waals surface area contributed by atoms with E-state index in [1.54, 1.807) is 218 Å². The lowest BCUT2D eigenvalue weighted by Crippen LogP contribution is -2.27. The number of ether oxygens (including phenoxy) is 7. The Morgan fingerprint density at radius 1 is 0.458 bits per heavy atom. The number of fused-ring (bicyclic) bond motifs is 2. The number of rotatable bonds is 16. The lowest BCUT2D eigenvalue weighted by molar-refractivity contribution is -0.385. The van der Waals surface area contributed by atoms with E-state index >= 15 is 0 Å². The summed E-state index contributed by atoms with van der Waals surface area (Å²) in [6.45, 7) is 16.1. The van der Waals surface area contributed by atoms with Crippen molar-refractivity contribution in [2.24, 2.45) is 14.1 Å². The minimum Gasteiger partial charge on any atom is -0.455 e. The molecule has 0 saturated heterocycles. The van der Waals surface area contributed by atoms with Crippen molar-refractivity contribution in [2.75, 3.05) is 64.5 Å². The summed E-state index contributed by atoms with van der Waals surface area (Å²) in [5.41, 5.74) is 13.6. The van der Waals surface area contributed by atoms with Gasteiger partial charge < -0.3 is 70.5 Å². The molecule has 0 bridgehead atoms. The van der Waals surface area contributed by atoms with E-state index < -0.39 is 44.9 Å². The molecule has 0 aliphatic carbocycles. The highest BCUT2D eigenvalue weighted by molar-refractivity contribution is 6.33. The van der Waals surface area contributed by atoms with E-state index in [0.717, 1.165) is 0 Å². The molecule has 0 fully saturated rings. The highest BCUT2D eigenvalue weighted by atomic mass is 35.5. The molecule has 0 radical (unpaired) electrons. The fourth-order valence-electron chi connectivity index (χ4n) is 9.03. The molecule has 3 amide bonds. The second-order valence-corrected chi connectivity index (χ2v) is 25.7. The van der Waals surface area contributed by atoms with E-state index in [-0.39, 0.29) is 45.2 Å².